The van der Waals surface area contributed by atoms with E-state index in [-0.39, 0.29) is 18.3 Å². The molecule has 1 atom stereocenters. The van der Waals surface area contributed by atoms with Crippen LogP contribution in [0.25, 0.3) is 11.5 Å². The number of nitrogens with one attached hydrogen (secondary N) is 1. The summed E-state index contributed by atoms with van der Waals surface area (Å²) in [5, 5.41) is 6.53. The lowest BCUT2D eigenvalue weighted by molar-refractivity contribution is -0.128. The maximum absolute atomic E-state index is 13.1. The van der Waals surface area contributed by atoms with Crippen molar-refractivity contribution in [1.29, 1.82) is 0 Å². The quantitative estimate of drug-likeness (QED) is 0.690. The van der Waals surface area contributed by atoms with Gasteiger partial charge in [-0.15, -0.1) is 5.10 Å². The molecule has 1 N–H and O–H groups in total. The summed E-state index contributed by atoms with van der Waals surface area (Å²) in [6.45, 7) is -0.425. The van der Waals surface area contributed by atoms with Crippen LogP contribution in [0.3, 0.4) is 0 Å². The average molecular weight is 412 g/mol. The molecule has 0 fully saturated rings. The molecule has 154 valence electrons. The van der Waals surface area contributed by atoms with Crippen LogP contribution >= 0.6 is 0 Å². The number of anilines is 1. The summed E-state index contributed by atoms with van der Waals surface area (Å²) < 4.78 is 24.7. The molecule has 0 saturated heterocycles. The molecular formula is C20H17FN4O5. The van der Waals surface area contributed by atoms with E-state index < -0.39 is 30.1 Å². The fourth-order valence-electron chi connectivity index (χ4n) is 3.10. The van der Waals surface area contributed by atoms with Gasteiger partial charge in [-0.25, -0.2) is 9.18 Å². The number of fused-ring (bicyclic) bond motifs is 1. The van der Waals surface area contributed by atoms with Crippen LogP contribution in [0.15, 0.2) is 57.7 Å². The molecule has 0 radical (unpaired) electrons. The van der Waals surface area contributed by atoms with Gasteiger partial charge >= 0.3 is 5.76 Å². The van der Waals surface area contributed by atoms with E-state index in [1.54, 1.807) is 24.3 Å². The van der Waals surface area contributed by atoms with Crippen molar-refractivity contribution < 1.29 is 23.1 Å². The molecule has 0 aliphatic carbocycles. The lowest BCUT2D eigenvalue weighted by Crippen LogP contribution is -2.51. The monoisotopic (exact) mass is 412 g/mol. The SMILES string of the molecule is CNC(=O)[C@@H]1CN(C(=O)Cn2nc(-c3ccc(F)cc3)oc2=O)c2ccccc2O1. The zero-order chi connectivity index (χ0) is 21.3. The topological polar surface area (TPSA) is 107 Å². The van der Waals surface area contributed by atoms with Crippen molar-refractivity contribution >= 4 is 17.5 Å². The van der Waals surface area contributed by atoms with Crippen LogP contribution < -0.4 is 20.7 Å². The Labute approximate surface area is 169 Å². The van der Waals surface area contributed by atoms with E-state index in [0.29, 0.717) is 17.0 Å². The first-order valence-corrected chi connectivity index (χ1v) is 9.08. The Morgan fingerprint density at radius 1 is 1.20 bits per heavy atom. The first-order chi connectivity index (χ1) is 14.5. The summed E-state index contributed by atoms with van der Waals surface area (Å²) in [6, 6.07) is 12.1. The molecule has 0 spiro atoms. The highest BCUT2D eigenvalue weighted by molar-refractivity contribution is 5.97. The third kappa shape index (κ3) is 3.66. The predicted molar refractivity (Wildman–Crippen MR) is 103 cm³/mol. The van der Waals surface area contributed by atoms with E-state index in [1.807, 2.05) is 0 Å². The van der Waals surface area contributed by atoms with E-state index in [1.165, 1.54) is 36.2 Å². The second kappa shape index (κ2) is 7.82. The number of amides is 2. The van der Waals surface area contributed by atoms with E-state index in [0.717, 1.165) is 4.68 Å². The molecule has 2 aromatic carbocycles. The van der Waals surface area contributed by atoms with Crippen molar-refractivity contribution in [2.75, 3.05) is 18.5 Å². The van der Waals surface area contributed by atoms with Crippen LogP contribution in [-0.4, -0.2) is 41.3 Å². The van der Waals surface area contributed by atoms with Gasteiger partial charge in [-0.2, -0.15) is 4.68 Å². The number of nitrogens with zero attached hydrogens (tertiary/aromatic N) is 3. The first kappa shape index (κ1) is 19.4. The highest BCUT2D eigenvalue weighted by Gasteiger charge is 2.33. The van der Waals surface area contributed by atoms with Gasteiger partial charge in [-0.1, -0.05) is 12.1 Å². The molecule has 4 rings (SSSR count). The van der Waals surface area contributed by atoms with E-state index in [2.05, 4.69) is 10.4 Å². The molecule has 1 aliphatic rings. The number of hydrogen-bond acceptors (Lipinski definition) is 6. The Morgan fingerprint density at radius 2 is 1.93 bits per heavy atom. The summed E-state index contributed by atoms with van der Waals surface area (Å²) in [5.74, 6) is -1.76. The zero-order valence-electron chi connectivity index (χ0n) is 15.9. The van der Waals surface area contributed by atoms with Crippen molar-refractivity contribution in [2.24, 2.45) is 0 Å². The minimum Gasteiger partial charge on any atom is -0.477 e. The summed E-state index contributed by atoms with van der Waals surface area (Å²) >= 11 is 0. The van der Waals surface area contributed by atoms with Crippen molar-refractivity contribution in [3.05, 3.63) is 64.9 Å². The fourth-order valence-corrected chi connectivity index (χ4v) is 3.10. The van der Waals surface area contributed by atoms with Crippen LogP contribution in [0.5, 0.6) is 5.75 Å². The number of aromatic nitrogens is 2. The number of halogens is 1. The summed E-state index contributed by atoms with van der Waals surface area (Å²) in [7, 11) is 1.48. The summed E-state index contributed by atoms with van der Waals surface area (Å²) in [4.78, 5) is 38.6. The largest absolute Gasteiger partial charge is 0.477 e. The number of benzene rings is 2. The molecule has 30 heavy (non-hydrogen) atoms. The minimum absolute atomic E-state index is 0.0209. The fraction of sp³-hybridized carbons (Fsp3) is 0.200. The van der Waals surface area contributed by atoms with Crippen LogP contribution in [0.1, 0.15) is 0 Å². The Balaban J connectivity index is 1.60. The lowest BCUT2D eigenvalue weighted by atomic mass is 10.1. The zero-order valence-corrected chi connectivity index (χ0v) is 15.9. The second-order valence-electron chi connectivity index (χ2n) is 6.53. The number of para-hydroxylation sites is 2. The van der Waals surface area contributed by atoms with Gasteiger partial charge in [0.1, 0.15) is 18.1 Å². The number of hydrogen-bond donors (Lipinski definition) is 1. The molecule has 2 amide bonds. The number of rotatable bonds is 4. The van der Waals surface area contributed by atoms with Gasteiger partial charge in [0, 0.05) is 12.6 Å². The van der Waals surface area contributed by atoms with Crippen LogP contribution in [0.4, 0.5) is 10.1 Å². The van der Waals surface area contributed by atoms with Crippen molar-refractivity contribution in [3.8, 4) is 17.2 Å². The van der Waals surface area contributed by atoms with Gasteiger partial charge in [0.05, 0.1) is 12.2 Å². The van der Waals surface area contributed by atoms with Crippen molar-refractivity contribution in [1.82, 2.24) is 15.1 Å². The smallest absolute Gasteiger partial charge is 0.437 e. The van der Waals surface area contributed by atoms with Gasteiger partial charge in [0.15, 0.2) is 6.10 Å². The Kier molecular flexibility index (Phi) is 5.05. The van der Waals surface area contributed by atoms with Gasteiger partial charge in [0.25, 0.3) is 5.91 Å². The van der Waals surface area contributed by atoms with Crippen LogP contribution in [-0.2, 0) is 16.1 Å². The maximum atomic E-state index is 13.1. The van der Waals surface area contributed by atoms with Crippen LogP contribution in [0.2, 0.25) is 0 Å². The molecule has 0 saturated carbocycles. The molecule has 1 aromatic heterocycles. The summed E-state index contributed by atoms with van der Waals surface area (Å²) in [6.07, 6.45) is -0.891. The molecule has 3 aromatic rings. The normalized spacial score (nSPS) is 15.3. The molecular weight excluding hydrogens is 395 g/mol. The third-order valence-corrected chi connectivity index (χ3v) is 4.60. The molecule has 0 bridgehead atoms. The molecule has 1 aliphatic heterocycles. The maximum Gasteiger partial charge on any atom is 0.437 e. The van der Waals surface area contributed by atoms with E-state index in [4.69, 9.17) is 9.15 Å². The van der Waals surface area contributed by atoms with Gasteiger partial charge in [-0.3, -0.25) is 9.59 Å². The number of carbonyl (C=O) groups is 2. The number of carbonyl (C=O) groups excluding carboxylic acids is 2. The van der Waals surface area contributed by atoms with E-state index >= 15 is 0 Å². The third-order valence-electron chi connectivity index (χ3n) is 4.60. The highest BCUT2D eigenvalue weighted by atomic mass is 19.1. The number of likely N-dealkylation sites (N-methyl/N-ethyl adjacent to an activating group) is 1. The van der Waals surface area contributed by atoms with E-state index in [9.17, 15) is 18.8 Å². The Morgan fingerprint density at radius 3 is 2.67 bits per heavy atom. The standard InChI is InChI=1S/C20H17FN4O5/c1-22-18(27)16-10-24(14-4-2-3-5-15(14)29-16)17(26)11-25-20(28)30-19(23-25)12-6-8-13(21)9-7-12/h2-9,16H,10-11H2,1H3,(H,22,27)/t16-/m0/s1. The molecule has 10 heteroatoms. The highest BCUT2D eigenvalue weighted by Crippen LogP contribution is 2.33. The lowest BCUT2D eigenvalue weighted by Gasteiger charge is -2.33. The Hall–Kier alpha value is -3.95. The Bertz CT molecular complexity index is 1150. The van der Waals surface area contributed by atoms with Crippen LogP contribution in [0, 0.1) is 5.82 Å². The van der Waals surface area contributed by atoms with Crippen molar-refractivity contribution in [2.45, 2.75) is 12.6 Å². The number of ether oxygens (including phenoxy) is 1. The average Bonchev–Trinajstić information content (AvgIpc) is 3.12. The van der Waals surface area contributed by atoms with Gasteiger partial charge < -0.3 is 19.4 Å². The summed E-state index contributed by atoms with van der Waals surface area (Å²) in [5.41, 5.74) is 0.883. The molecule has 9 nitrogen and oxygen atoms in total. The first-order valence-electron chi connectivity index (χ1n) is 9.08. The minimum atomic E-state index is -0.891. The van der Waals surface area contributed by atoms with Gasteiger partial charge in [-0.05, 0) is 36.4 Å². The predicted octanol–water partition coefficient (Wildman–Crippen LogP) is 1.18. The molecule has 0 unspecified atom stereocenters. The van der Waals surface area contributed by atoms with Crippen molar-refractivity contribution in [3.63, 3.8) is 0 Å². The van der Waals surface area contributed by atoms with Gasteiger partial charge in [0.2, 0.25) is 11.8 Å². The molecule has 2 heterocycles. The second-order valence-corrected chi connectivity index (χ2v) is 6.53.